The number of amides is 1. The molecule has 1 saturated heterocycles. The van der Waals surface area contributed by atoms with E-state index in [-0.39, 0.29) is 16.6 Å². The molecule has 0 saturated carbocycles. The maximum Gasteiger partial charge on any atom is 0.284 e. The fourth-order valence-corrected chi connectivity index (χ4v) is 6.10. The standard InChI is InChI=1S/C29H35FN2O5S2/c1-4-6-7-8-9-10-11-19-37-25-17-12-22(20-26(25)36-3)21-27-28(33)32(18-5-2)29(38-27)31-39(34,35)24-15-13-23(30)14-16-24/h5,12-17,20-21H,2,4,6-11,18-19H2,1,3H3/b27-21-,31-29+. The van der Waals surface area contributed by atoms with Crippen molar-refractivity contribution in [3.8, 4) is 11.5 Å². The number of amidine groups is 1. The summed E-state index contributed by atoms with van der Waals surface area (Å²) in [6.07, 6.45) is 11.5. The van der Waals surface area contributed by atoms with E-state index < -0.39 is 21.7 Å². The molecule has 210 valence electrons. The van der Waals surface area contributed by atoms with Crippen LogP contribution in [0.3, 0.4) is 0 Å². The summed E-state index contributed by atoms with van der Waals surface area (Å²) in [4.78, 5) is 14.5. The largest absolute Gasteiger partial charge is 0.493 e. The van der Waals surface area contributed by atoms with E-state index in [4.69, 9.17) is 9.47 Å². The lowest BCUT2D eigenvalue weighted by molar-refractivity contribution is -0.121. The zero-order chi connectivity index (χ0) is 28.3. The molecule has 2 aromatic carbocycles. The van der Waals surface area contributed by atoms with Crippen molar-refractivity contribution in [1.82, 2.24) is 4.90 Å². The molecule has 0 aliphatic carbocycles. The van der Waals surface area contributed by atoms with Gasteiger partial charge in [-0.15, -0.1) is 11.0 Å². The molecule has 3 rings (SSSR count). The Bertz CT molecular complexity index is 1310. The first kappa shape index (κ1) is 30.4. The number of carbonyl (C=O) groups is 1. The molecule has 10 heteroatoms. The zero-order valence-electron chi connectivity index (χ0n) is 22.4. The average molecular weight is 575 g/mol. The highest BCUT2D eigenvalue weighted by molar-refractivity contribution is 8.19. The molecular weight excluding hydrogens is 539 g/mol. The van der Waals surface area contributed by atoms with Gasteiger partial charge >= 0.3 is 0 Å². The van der Waals surface area contributed by atoms with E-state index in [2.05, 4.69) is 17.9 Å². The second-order valence-electron chi connectivity index (χ2n) is 9.00. The molecule has 0 atom stereocenters. The maximum absolute atomic E-state index is 13.2. The molecule has 1 aliphatic heterocycles. The predicted molar refractivity (Wildman–Crippen MR) is 155 cm³/mol. The minimum absolute atomic E-state index is 0.00270. The van der Waals surface area contributed by atoms with Crippen molar-refractivity contribution < 1.29 is 27.1 Å². The first-order valence-electron chi connectivity index (χ1n) is 13.0. The quantitative estimate of drug-likeness (QED) is 0.132. The van der Waals surface area contributed by atoms with Crippen molar-refractivity contribution in [3.05, 3.63) is 71.4 Å². The highest BCUT2D eigenvalue weighted by Crippen LogP contribution is 2.35. The molecular formula is C29H35FN2O5S2. The van der Waals surface area contributed by atoms with Crippen LogP contribution in [-0.4, -0.2) is 44.7 Å². The van der Waals surface area contributed by atoms with Crippen molar-refractivity contribution in [2.75, 3.05) is 20.3 Å². The van der Waals surface area contributed by atoms with Gasteiger partial charge in [-0.3, -0.25) is 9.69 Å². The van der Waals surface area contributed by atoms with Crippen LogP contribution in [0, 0.1) is 5.82 Å². The van der Waals surface area contributed by atoms with E-state index in [9.17, 15) is 17.6 Å². The molecule has 1 aliphatic rings. The molecule has 0 aromatic heterocycles. The summed E-state index contributed by atoms with van der Waals surface area (Å²) in [5.41, 5.74) is 0.687. The lowest BCUT2D eigenvalue weighted by atomic mass is 10.1. The summed E-state index contributed by atoms with van der Waals surface area (Å²) in [7, 11) is -2.60. The van der Waals surface area contributed by atoms with Crippen LogP contribution < -0.4 is 9.47 Å². The Morgan fingerprint density at radius 3 is 2.38 bits per heavy atom. The third-order valence-electron chi connectivity index (χ3n) is 6.00. The Morgan fingerprint density at radius 2 is 1.72 bits per heavy atom. The highest BCUT2D eigenvalue weighted by atomic mass is 32.2. The summed E-state index contributed by atoms with van der Waals surface area (Å²) in [5.74, 6) is 0.205. The lowest BCUT2D eigenvalue weighted by Crippen LogP contribution is -2.29. The predicted octanol–water partition coefficient (Wildman–Crippen LogP) is 6.81. The van der Waals surface area contributed by atoms with Gasteiger partial charge in [0.2, 0.25) is 0 Å². The number of rotatable bonds is 15. The fraction of sp³-hybridized carbons (Fsp3) is 0.379. The van der Waals surface area contributed by atoms with E-state index in [1.165, 1.54) is 43.1 Å². The number of carbonyl (C=O) groups excluding carboxylic acids is 1. The number of halogens is 1. The van der Waals surface area contributed by atoms with Crippen molar-refractivity contribution in [2.45, 2.75) is 56.8 Å². The van der Waals surface area contributed by atoms with Crippen molar-refractivity contribution >= 4 is 38.9 Å². The summed E-state index contributed by atoms with van der Waals surface area (Å²) < 4.78 is 54.1. The Morgan fingerprint density at radius 1 is 1.03 bits per heavy atom. The molecule has 2 aromatic rings. The molecule has 0 spiro atoms. The van der Waals surface area contributed by atoms with E-state index >= 15 is 0 Å². The van der Waals surface area contributed by atoms with Crippen LogP contribution in [-0.2, 0) is 14.8 Å². The van der Waals surface area contributed by atoms with Crippen LogP contribution in [0.4, 0.5) is 4.39 Å². The summed E-state index contributed by atoms with van der Waals surface area (Å²) in [6.45, 7) is 6.54. The number of ether oxygens (including phenoxy) is 2. The number of methoxy groups -OCH3 is 1. The number of nitrogens with zero attached hydrogens (tertiary/aromatic N) is 2. The SMILES string of the molecule is C=CCN1C(=O)/C(=C/c2ccc(OCCCCCCCCC)c(OC)c2)S/C1=N/S(=O)(=O)c1ccc(F)cc1. The van der Waals surface area contributed by atoms with Crippen molar-refractivity contribution in [3.63, 3.8) is 0 Å². The highest BCUT2D eigenvalue weighted by Gasteiger charge is 2.34. The van der Waals surface area contributed by atoms with Crippen LogP contribution in [0.25, 0.3) is 6.08 Å². The van der Waals surface area contributed by atoms with Gasteiger partial charge in [-0.25, -0.2) is 4.39 Å². The van der Waals surface area contributed by atoms with Gasteiger partial charge in [-0.05, 0) is 66.2 Å². The average Bonchev–Trinajstić information content (AvgIpc) is 3.19. The maximum atomic E-state index is 13.2. The van der Waals surface area contributed by atoms with Crippen LogP contribution in [0.15, 0.2) is 69.3 Å². The van der Waals surface area contributed by atoms with E-state index in [1.807, 2.05) is 6.07 Å². The molecule has 0 N–H and O–H groups in total. The third kappa shape index (κ3) is 8.69. The van der Waals surface area contributed by atoms with Gasteiger partial charge in [0.15, 0.2) is 16.7 Å². The Labute approximate surface area is 234 Å². The zero-order valence-corrected chi connectivity index (χ0v) is 24.0. The summed E-state index contributed by atoms with van der Waals surface area (Å²) in [5, 5.41) is -0.00270. The fourth-order valence-electron chi connectivity index (χ4n) is 3.91. The monoisotopic (exact) mass is 574 g/mol. The number of thioether (sulfide) groups is 1. The first-order valence-corrected chi connectivity index (χ1v) is 15.3. The van der Waals surface area contributed by atoms with Crippen molar-refractivity contribution in [2.24, 2.45) is 4.40 Å². The molecule has 1 fully saturated rings. The minimum Gasteiger partial charge on any atom is -0.493 e. The van der Waals surface area contributed by atoms with Gasteiger partial charge in [-0.2, -0.15) is 8.42 Å². The van der Waals surface area contributed by atoms with E-state index in [0.717, 1.165) is 48.9 Å². The first-order chi connectivity index (χ1) is 18.8. The van der Waals surface area contributed by atoms with Crippen molar-refractivity contribution in [1.29, 1.82) is 0 Å². The number of benzene rings is 2. The minimum atomic E-state index is -4.16. The number of unbranched alkanes of at least 4 members (excludes halogenated alkanes) is 6. The van der Waals surface area contributed by atoms with Gasteiger partial charge < -0.3 is 9.47 Å². The van der Waals surface area contributed by atoms with Crippen LogP contribution in [0.2, 0.25) is 0 Å². The molecule has 0 bridgehead atoms. The third-order valence-corrected chi connectivity index (χ3v) is 8.40. The molecule has 0 unspecified atom stereocenters. The molecule has 39 heavy (non-hydrogen) atoms. The normalized spacial score (nSPS) is 15.8. The van der Waals surface area contributed by atoms with Gasteiger partial charge in [0, 0.05) is 6.54 Å². The topological polar surface area (TPSA) is 85.3 Å². The van der Waals surface area contributed by atoms with Crippen LogP contribution in [0.1, 0.15) is 57.4 Å². The Kier molecular flexibility index (Phi) is 11.6. The van der Waals surface area contributed by atoms with E-state index in [0.29, 0.717) is 28.6 Å². The molecule has 1 heterocycles. The summed E-state index contributed by atoms with van der Waals surface area (Å²) in [6, 6.07) is 9.73. The van der Waals surface area contributed by atoms with E-state index in [1.54, 1.807) is 25.3 Å². The van der Waals surface area contributed by atoms with Gasteiger partial charge in [0.25, 0.3) is 15.9 Å². The number of hydrogen-bond donors (Lipinski definition) is 0. The molecule has 7 nitrogen and oxygen atoms in total. The summed E-state index contributed by atoms with van der Waals surface area (Å²) >= 11 is 0.945. The number of hydrogen-bond acceptors (Lipinski definition) is 6. The second kappa shape index (κ2) is 14.9. The molecule has 0 radical (unpaired) electrons. The van der Waals surface area contributed by atoms with Crippen LogP contribution >= 0.6 is 11.8 Å². The van der Waals surface area contributed by atoms with Crippen LogP contribution in [0.5, 0.6) is 11.5 Å². The van der Waals surface area contributed by atoms with Gasteiger partial charge in [0.1, 0.15) is 5.82 Å². The Balaban J connectivity index is 1.72. The molecule has 1 amide bonds. The lowest BCUT2D eigenvalue weighted by Gasteiger charge is -2.12. The van der Waals surface area contributed by atoms with Gasteiger partial charge in [-0.1, -0.05) is 57.6 Å². The smallest absolute Gasteiger partial charge is 0.284 e. The Hall–Kier alpha value is -3.11. The van der Waals surface area contributed by atoms with Gasteiger partial charge in [0.05, 0.1) is 23.5 Å². The second-order valence-corrected chi connectivity index (χ2v) is 11.6. The number of sulfonamides is 1.